The van der Waals surface area contributed by atoms with Crippen LogP contribution in [0.15, 0.2) is 30.9 Å². The number of nitrogens with zero attached hydrogens (tertiary/aromatic N) is 1. The highest BCUT2D eigenvalue weighted by molar-refractivity contribution is 5.96. The highest BCUT2D eigenvalue weighted by Gasteiger charge is 2.21. The number of hydrogen-bond acceptors (Lipinski definition) is 3. The van der Waals surface area contributed by atoms with Crippen LogP contribution in [0, 0.1) is 5.82 Å². The predicted molar refractivity (Wildman–Crippen MR) is 94.2 cm³/mol. The van der Waals surface area contributed by atoms with E-state index in [4.69, 9.17) is 4.74 Å². The average Bonchev–Trinajstić information content (AvgIpc) is 2.61. The van der Waals surface area contributed by atoms with Crippen molar-refractivity contribution in [1.82, 2.24) is 10.2 Å². The smallest absolute Gasteiger partial charge is 0.319 e. The Morgan fingerprint density at radius 3 is 2.72 bits per heavy atom. The molecule has 1 aliphatic rings. The summed E-state index contributed by atoms with van der Waals surface area (Å²) >= 11 is 0. The molecule has 1 aromatic rings. The van der Waals surface area contributed by atoms with Crippen molar-refractivity contribution in [3.05, 3.63) is 42.2 Å². The van der Waals surface area contributed by atoms with Crippen LogP contribution < -0.4 is 10.6 Å². The summed E-state index contributed by atoms with van der Waals surface area (Å²) in [5, 5.41) is 5.37. The second-order valence-electron chi connectivity index (χ2n) is 5.83. The number of carbonyl (C=O) groups excluding carboxylic acids is 2. The molecule has 7 heteroatoms. The van der Waals surface area contributed by atoms with Gasteiger partial charge in [-0.25, -0.2) is 9.18 Å². The maximum Gasteiger partial charge on any atom is 0.319 e. The molecular formula is C18H24FN3O3. The van der Waals surface area contributed by atoms with Crippen molar-refractivity contribution in [1.29, 1.82) is 0 Å². The highest BCUT2D eigenvalue weighted by Crippen LogP contribution is 2.17. The Labute approximate surface area is 147 Å². The minimum Gasteiger partial charge on any atom is -0.378 e. The number of nitrogens with one attached hydrogen (secondary N) is 2. The molecule has 1 saturated heterocycles. The topological polar surface area (TPSA) is 70.7 Å². The van der Waals surface area contributed by atoms with Crippen molar-refractivity contribution in [3.8, 4) is 0 Å². The molecule has 2 rings (SSSR count). The molecule has 3 amide bonds. The molecule has 0 bridgehead atoms. The molecule has 0 unspecified atom stereocenters. The third-order valence-electron chi connectivity index (χ3n) is 4.03. The molecule has 0 aliphatic carbocycles. The van der Waals surface area contributed by atoms with Gasteiger partial charge in [0.25, 0.3) is 5.91 Å². The molecular weight excluding hydrogens is 325 g/mol. The van der Waals surface area contributed by atoms with Crippen molar-refractivity contribution >= 4 is 17.6 Å². The molecule has 6 nitrogen and oxygen atoms in total. The zero-order valence-electron chi connectivity index (χ0n) is 14.4. The number of hydrogen-bond donors (Lipinski definition) is 2. The first-order valence-electron chi connectivity index (χ1n) is 8.40. The van der Waals surface area contributed by atoms with Gasteiger partial charge in [-0.15, -0.1) is 6.58 Å². The first kappa shape index (κ1) is 18.9. The Morgan fingerprint density at radius 1 is 1.40 bits per heavy atom. The van der Waals surface area contributed by atoms with Crippen molar-refractivity contribution in [2.24, 2.45) is 0 Å². The summed E-state index contributed by atoms with van der Waals surface area (Å²) in [5.74, 6) is -1.03. The number of ether oxygens (including phenoxy) is 1. The molecule has 1 atom stereocenters. The van der Waals surface area contributed by atoms with Crippen LogP contribution in [-0.4, -0.2) is 49.2 Å². The Balaban J connectivity index is 1.99. The van der Waals surface area contributed by atoms with E-state index >= 15 is 0 Å². The van der Waals surface area contributed by atoms with E-state index in [2.05, 4.69) is 17.2 Å². The fourth-order valence-corrected chi connectivity index (χ4v) is 2.58. The van der Waals surface area contributed by atoms with E-state index in [0.717, 1.165) is 12.5 Å². The van der Waals surface area contributed by atoms with Gasteiger partial charge in [-0.05, 0) is 31.0 Å². The van der Waals surface area contributed by atoms with Crippen molar-refractivity contribution < 1.29 is 18.7 Å². The number of urea groups is 1. The number of benzene rings is 1. The van der Waals surface area contributed by atoms with Gasteiger partial charge in [0.05, 0.1) is 18.8 Å². The van der Waals surface area contributed by atoms with E-state index in [0.29, 0.717) is 38.4 Å². The number of carbonyl (C=O) groups is 2. The molecule has 1 aromatic carbocycles. The summed E-state index contributed by atoms with van der Waals surface area (Å²) in [6, 6.07) is 3.63. The number of rotatable bonds is 6. The van der Waals surface area contributed by atoms with E-state index < -0.39 is 11.8 Å². The van der Waals surface area contributed by atoms with Crippen molar-refractivity contribution in [2.75, 3.05) is 31.6 Å². The van der Waals surface area contributed by atoms with Crippen LogP contribution >= 0.6 is 0 Å². The van der Waals surface area contributed by atoms with E-state index in [9.17, 15) is 14.0 Å². The third-order valence-corrected chi connectivity index (χ3v) is 4.03. The lowest BCUT2D eigenvalue weighted by atomic mass is 10.1. The first-order valence-corrected chi connectivity index (χ1v) is 8.40. The molecule has 0 spiro atoms. The highest BCUT2D eigenvalue weighted by atomic mass is 19.1. The molecule has 2 N–H and O–H groups in total. The largest absolute Gasteiger partial charge is 0.378 e. The van der Waals surface area contributed by atoms with E-state index in [1.165, 1.54) is 12.1 Å². The maximum absolute atomic E-state index is 14.3. The summed E-state index contributed by atoms with van der Waals surface area (Å²) in [4.78, 5) is 25.9. The van der Waals surface area contributed by atoms with Gasteiger partial charge in [0.2, 0.25) is 0 Å². The van der Waals surface area contributed by atoms with E-state index in [1.807, 2.05) is 6.92 Å². The van der Waals surface area contributed by atoms with Gasteiger partial charge in [-0.1, -0.05) is 13.0 Å². The van der Waals surface area contributed by atoms with Crippen LogP contribution in [0.3, 0.4) is 0 Å². The van der Waals surface area contributed by atoms with Gasteiger partial charge in [-0.2, -0.15) is 0 Å². The van der Waals surface area contributed by atoms with Crippen LogP contribution in [0.1, 0.15) is 30.1 Å². The summed E-state index contributed by atoms with van der Waals surface area (Å²) in [7, 11) is 0. The van der Waals surface area contributed by atoms with Gasteiger partial charge in [0.1, 0.15) is 5.82 Å². The molecule has 136 valence electrons. The second-order valence-corrected chi connectivity index (χ2v) is 5.83. The van der Waals surface area contributed by atoms with Gasteiger partial charge in [-0.3, -0.25) is 4.79 Å². The molecule has 0 saturated carbocycles. The van der Waals surface area contributed by atoms with Crippen LogP contribution in [0.5, 0.6) is 0 Å². The van der Waals surface area contributed by atoms with E-state index in [-0.39, 0.29) is 17.5 Å². The standard InChI is InChI=1S/C18H24FN3O3/c1-3-5-13(4-2)20-18(24)21-14-6-7-15(16(19)12-14)17(23)22-8-10-25-11-9-22/h3,6-7,12-13H,1,4-5,8-11H2,2H3,(H2,20,21,24)/t13-/m1/s1. The lowest BCUT2D eigenvalue weighted by Crippen LogP contribution is -2.41. The van der Waals surface area contributed by atoms with Gasteiger partial charge >= 0.3 is 6.03 Å². The first-order chi connectivity index (χ1) is 12.0. The normalized spacial score (nSPS) is 15.4. The fraction of sp³-hybridized carbons (Fsp3) is 0.444. The number of halogens is 1. The predicted octanol–water partition coefficient (Wildman–Crippen LogP) is 2.77. The Kier molecular flexibility index (Phi) is 6.94. The third kappa shape index (κ3) is 5.29. The summed E-state index contributed by atoms with van der Waals surface area (Å²) < 4.78 is 19.5. The fourth-order valence-electron chi connectivity index (χ4n) is 2.58. The minimum absolute atomic E-state index is 0.00838. The zero-order valence-corrected chi connectivity index (χ0v) is 14.4. The van der Waals surface area contributed by atoms with Crippen molar-refractivity contribution in [2.45, 2.75) is 25.8 Å². The minimum atomic E-state index is -0.660. The number of morpholine rings is 1. The van der Waals surface area contributed by atoms with E-state index in [1.54, 1.807) is 11.0 Å². The molecule has 1 aliphatic heterocycles. The molecule has 25 heavy (non-hydrogen) atoms. The SMILES string of the molecule is C=CC[C@@H](CC)NC(=O)Nc1ccc(C(=O)N2CCOCC2)c(F)c1. The quantitative estimate of drug-likeness (QED) is 0.776. The Morgan fingerprint density at radius 2 is 2.12 bits per heavy atom. The number of amides is 3. The lowest BCUT2D eigenvalue weighted by molar-refractivity contribution is 0.0300. The van der Waals surface area contributed by atoms with Crippen LogP contribution in [0.25, 0.3) is 0 Å². The lowest BCUT2D eigenvalue weighted by Gasteiger charge is -2.27. The number of anilines is 1. The molecule has 0 radical (unpaired) electrons. The van der Waals surface area contributed by atoms with Crippen LogP contribution in [-0.2, 0) is 4.74 Å². The Bertz CT molecular complexity index is 630. The van der Waals surface area contributed by atoms with Crippen LogP contribution in [0.2, 0.25) is 0 Å². The van der Waals surface area contributed by atoms with Gasteiger partial charge in [0, 0.05) is 24.8 Å². The summed E-state index contributed by atoms with van der Waals surface area (Å²) in [6.07, 6.45) is 3.16. The van der Waals surface area contributed by atoms with Gasteiger partial charge in [0.15, 0.2) is 0 Å². The second kappa shape index (κ2) is 9.17. The molecule has 0 aromatic heterocycles. The summed E-state index contributed by atoms with van der Waals surface area (Å²) in [6.45, 7) is 7.41. The molecule has 1 heterocycles. The maximum atomic E-state index is 14.3. The summed E-state index contributed by atoms with van der Waals surface area (Å²) in [5.41, 5.74) is 0.285. The van der Waals surface area contributed by atoms with Crippen molar-refractivity contribution in [3.63, 3.8) is 0 Å². The Hall–Kier alpha value is -2.41. The monoisotopic (exact) mass is 349 g/mol. The van der Waals surface area contributed by atoms with Crippen LogP contribution in [0.4, 0.5) is 14.9 Å². The average molecular weight is 349 g/mol. The molecule has 1 fully saturated rings. The zero-order chi connectivity index (χ0) is 18.2. The van der Waals surface area contributed by atoms with Gasteiger partial charge < -0.3 is 20.3 Å².